The van der Waals surface area contributed by atoms with Crippen LogP contribution in [0.2, 0.25) is 0 Å². The smallest absolute Gasteiger partial charge is 0.315 e. The first kappa shape index (κ1) is 20.3. The van der Waals surface area contributed by atoms with Crippen molar-refractivity contribution in [1.82, 2.24) is 10.3 Å². The summed E-state index contributed by atoms with van der Waals surface area (Å²) in [4.78, 5) is 15.5. The van der Waals surface area contributed by atoms with Gasteiger partial charge in [-0.1, -0.05) is 30.3 Å². The Bertz CT molecular complexity index is 808. The number of hydrogen-bond donors (Lipinski definition) is 3. The highest BCUT2D eigenvalue weighted by Crippen LogP contribution is 2.35. The number of carbonyl (C=O) groups is 1. The van der Waals surface area contributed by atoms with E-state index in [1.807, 2.05) is 12.1 Å². The van der Waals surface area contributed by atoms with Crippen LogP contribution < -0.4 is 11.1 Å². The summed E-state index contributed by atoms with van der Waals surface area (Å²) in [6.07, 6.45) is -0.210. The van der Waals surface area contributed by atoms with E-state index in [0.29, 0.717) is 5.56 Å². The third-order valence-electron chi connectivity index (χ3n) is 4.91. The monoisotopic (exact) mass is 393 g/mol. The summed E-state index contributed by atoms with van der Waals surface area (Å²) in [5, 5.41) is 12.0. The third kappa shape index (κ3) is 4.88. The molecule has 5 nitrogen and oxygen atoms in total. The van der Waals surface area contributed by atoms with Crippen LogP contribution in [0.1, 0.15) is 30.2 Å². The van der Waals surface area contributed by atoms with Gasteiger partial charge in [-0.25, -0.2) is 4.39 Å². The second kappa shape index (κ2) is 8.28. The molecule has 1 amide bonds. The number of aliphatic hydroxyl groups excluding tert-OH is 1. The Balaban J connectivity index is 1.67. The van der Waals surface area contributed by atoms with Crippen molar-refractivity contribution in [3.05, 3.63) is 53.9 Å². The maximum atomic E-state index is 13.1. The lowest BCUT2D eigenvalue weighted by atomic mass is 9.99. The van der Waals surface area contributed by atoms with Gasteiger partial charge >= 0.3 is 6.43 Å². The number of nitrogens with zero attached hydrogens (tertiary/aromatic N) is 1. The fraction of sp³-hybridized carbons (Fsp3) is 0.400. The van der Waals surface area contributed by atoms with Gasteiger partial charge in [0.25, 0.3) is 5.91 Å². The van der Waals surface area contributed by atoms with E-state index < -0.39 is 31.2 Å². The van der Waals surface area contributed by atoms with Gasteiger partial charge in [-0.3, -0.25) is 9.78 Å². The lowest BCUT2D eigenvalue weighted by molar-refractivity contribution is -0.133. The fourth-order valence-electron chi connectivity index (χ4n) is 2.95. The predicted octanol–water partition coefficient (Wildman–Crippen LogP) is 2.54. The second-order valence-corrected chi connectivity index (χ2v) is 7.21. The van der Waals surface area contributed by atoms with Crippen molar-refractivity contribution in [2.45, 2.75) is 43.4 Å². The van der Waals surface area contributed by atoms with E-state index >= 15 is 0 Å². The largest absolute Gasteiger partial charge is 0.386 e. The van der Waals surface area contributed by atoms with E-state index in [-0.39, 0.29) is 5.54 Å². The molecule has 2 aromatic rings. The highest BCUT2D eigenvalue weighted by atomic mass is 19.3. The van der Waals surface area contributed by atoms with Gasteiger partial charge in [-0.2, -0.15) is 8.78 Å². The number of aromatic nitrogens is 1. The molecule has 0 saturated heterocycles. The molecule has 3 rings (SSSR count). The highest BCUT2D eigenvalue weighted by molar-refractivity contribution is 5.79. The summed E-state index contributed by atoms with van der Waals surface area (Å²) < 4.78 is 37.7. The number of halogens is 3. The summed E-state index contributed by atoms with van der Waals surface area (Å²) in [5.74, 6) is -1.62. The van der Waals surface area contributed by atoms with Crippen LogP contribution >= 0.6 is 0 Å². The molecule has 0 spiro atoms. The minimum Gasteiger partial charge on any atom is -0.386 e. The van der Waals surface area contributed by atoms with Crippen LogP contribution in [0.15, 0.2) is 42.6 Å². The Morgan fingerprint density at radius 2 is 1.82 bits per heavy atom. The SMILES string of the molecule is NC1(Cc2ccc(-c3ccc([C@H](O)[C@@H](CF)NC(=O)C(F)F)cc3)cn2)CC1. The average Bonchev–Trinajstić information content (AvgIpc) is 3.42. The Kier molecular flexibility index (Phi) is 6.00. The normalized spacial score (nSPS) is 17.2. The number of carbonyl (C=O) groups excluding carboxylic acids is 1. The van der Waals surface area contributed by atoms with Crippen molar-refractivity contribution in [2.24, 2.45) is 5.73 Å². The molecule has 1 aliphatic rings. The van der Waals surface area contributed by atoms with E-state index in [0.717, 1.165) is 36.1 Å². The molecule has 0 radical (unpaired) electrons. The first-order valence-electron chi connectivity index (χ1n) is 8.98. The Morgan fingerprint density at radius 3 is 2.32 bits per heavy atom. The lowest BCUT2D eigenvalue weighted by Gasteiger charge is -2.22. The van der Waals surface area contributed by atoms with Crippen LogP contribution in [0.25, 0.3) is 11.1 Å². The molecule has 0 bridgehead atoms. The quantitative estimate of drug-likeness (QED) is 0.643. The predicted molar refractivity (Wildman–Crippen MR) is 98.4 cm³/mol. The van der Waals surface area contributed by atoms with Gasteiger partial charge < -0.3 is 16.2 Å². The molecule has 0 aliphatic heterocycles. The Labute approximate surface area is 160 Å². The minimum absolute atomic E-state index is 0.112. The van der Waals surface area contributed by atoms with Crippen molar-refractivity contribution in [3.63, 3.8) is 0 Å². The molecule has 2 atom stereocenters. The molecule has 1 aromatic heterocycles. The number of amides is 1. The van der Waals surface area contributed by atoms with Gasteiger partial charge in [0.05, 0.1) is 6.04 Å². The number of hydrogen-bond acceptors (Lipinski definition) is 4. The van der Waals surface area contributed by atoms with Crippen LogP contribution in [0, 0.1) is 0 Å². The first-order chi connectivity index (χ1) is 13.3. The van der Waals surface area contributed by atoms with Gasteiger partial charge in [-0.05, 0) is 30.0 Å². The van der Waals surface area contributed by atoms with E-state index in [2.05, 4.69) is 4.98 Å². The molecule has 1 aromatic carbocycles. The lowest BCUT2D eigenvalue weighted by Crippen LogP contribution is -2.43. The number of nitrogens with one attached hydrogen (secondary N) is 1. The zero-order valence-corrected chi connectivity index (χ0v) is 15.1. The molecule has 150 valence electrons. The molecule has 28 heavy (non-hydrogen) atoms. The number of rotatable bonds is 8. The van der Waals surface area contributed by atoms with Crippen molar-refractivity contribution in [3.8, 4) is 11.1 Å². The first-order valence-corrected chi connectivity index (χ1v) is 8.98. The molecule has 1 aliphatic carbocycles. The second-order valence-electron chi connectivity index (χ2n) is 7.21. The summed E-state index contributed by atoms with van der Waals surface area (Å²) in [5.41, 5.74) is 8.91. The minimum atomic E-state index is -3.27. The van der Waals surface area contributed by atoms with Crippen LogP contribution in [0.4, 0.5) is 13.2 Å². The number of benzene rings is 1. The van der Waals surface area contributed by atoms with Gasteiger partial charge in [0, 0.05) is 29.4 Å². The Hall–Kier alpha value is -2.45. The van der Waals surface area contributed by atoms with Crippen LogP contribution in [0.3, 0.4) is 0 Å². The van der Waals surface area contributed by atoms with E-state index in [1.54, 1.807) is 35.8 Å². The zero-order valence-electron chi connectivity index (χ0n) is 15.1. The van der Waals surface area contributed by atoms with Crippen molar-refractivity contribution < 1.29 is 23.1 Å². The summed E-state index contributed by atoms with van der Waals surface area (Å²) in [6.45, 7) is -1.17. The molecular formula is C20H22F3N3O2. The maximum absolute atomic E-state index is 13.1. The van der Waals surface area contributed by atoms with Crippen molar-refractivity contribution >= 4 is 5.91 Å². The number of alkyl halides is 3. The van der Waals surface area contributed by atoms with E-state index in [9.17, 15) is 23.1 Å². The molecule has 1 saturated carbocycles. The molecule has 4 N–H and O–H groups in total. The summed E-state index contributed by atoms with van der Waals surface area (Å²) in [6, 6.07) is 8.94. The van der Waals surface area contributed by atoms with Crippen LogP contribution in [-0.2, 0) is 11.2 Å². The van der Waals surface area contributed by atoms with E-state index in [4.69, 9.17) is 5.73 Å². The van der Waals surface area contributed by atoms with Crippen LogP contribution in [0.5, 0.6) is 0 Å². The molecule has 0 unspecified atom stereocenters. The number of pyridine rings is 1. The maximum Gasteiger partial charge on any atom is 0.315 e. The van der Waals surface area contributed by atoms with Gasteiger partial charge in [0.1, 0.15) is 12.8 Å². The molecule has 8 heteroatoms. The number of aliphatic hydroxyl groups is 1. The molecule has 1 fully saturated rings. The van der Waals surface area contributed by atoms with Gasteiger partial charge in [0.2, 0.25) is 0 Å². The molecular weight excluding hydrogens is 371 g/mol. The Morgan fingerprint density at radius 1 is 1.18 bits per heavy atom. The molecule has 1 heterocycles. The highest BCUT2D eigenvalue weighted by Gasteiger charge is 2.38. The summed E-state index contributed by atoms with van der Waals surface area (Å²) in [7, 11) is 0. The number of nitrogens with two attached hydrogens (primary N) is 1. The van der Waals surface area contributed by atoms with Gasteiger partial charge in [0.15, 0.2) is 0 Å². The average molecular weight is 393 g/mol. The van der Waals surface area contributed by atoms with E-state index in [1.165, 1.54) is 0 Å². The van der Waals surface area contributed by atoms with Crippen molar-refractivity contribution in [1.29, 1.82) is 0 Å². The summed E-state index contributed by atoms with van der Waals surface area (Å²) >= 11 is 0. The third-order valence-corrected chi connectivity index (χ3v) is 4.91. The standard InChI is InChI=1S/C20H22F3N3O2/c21-10-16(26-19(28)18(22)23)17(27)13-3-1-12(2-4-13)14-5-6-15(25-11-14)9-20(24)7-8-20/h1-6,11,16-18,27H,7-10,24H2,(H,26,28)/t16-,17+/m1/s1. The zero-order chi connectivity index (χ0) is 20.3. The van der Waals surface area contributed by atoms with Gasteiger partial charge in [-0.15, -0.1) is 0 Å². The topological polar surface area (TPSA) is 88.2 Å². The van der Waals surface area contributed by atoms with Crippen molar-refractivity contribution in [2.75, 3.05) is 6.67 Å². The van der Waals surface area contributed by atoms with Crippen LogP contribution in [-0.4, -0.2) is 40.7 Å². The fourth-order valence-corrected chi connectivity index (χ4v) is 2.95.